The van der Waals surface area contributed by atoms with Crippen LogP contribution in [0.5, 0.6) is 0 Å². The van der Waals surface area contributed by atoms with Crippen LogP contribution in [0.15, 0.2) is 18.2 Å². The molecule has 1 rings (SSSR count). The largest absolute Gasteiger partial charge is 0.371 e. The molecule has 0 fully saturated rings. The van der Waals surface area contributed by atoms with E-state index in [1.807, 2.05) is 13.0 Å². The molecule has 19 heavy (non-hydrogen) atoms. The standard InChI is InChI=1S/C16H27FN2/c1-11(2)9-19(10-12(3)4)15-8-6-7-14(17)16(15)13(5)18/h6-8,11-13H,9-10,18H2,1-5H3/t13-/m0/s1. The van der Waals surface area contributed by atoms with Crippen molar-refractivity contribution in [1.29, 1.82) is 0 Å². The predicted octanol–water partition coefficient (Wildman–Crippen LogP) is 3.96. The van der Waals surface area contributed by atoms with Crippen molar-refractivity contribution < 1.29 is 4.39 Å². The summed E-state index contributed by atoms with van der Waals surface area (Å²) in [6, 6.07) is 4.94. The van der Waals surface area contributed by atoms with Gasteiger partial charge in [-0.3, -0.25) is 0 Å². The molecule has 0 spiro atoms. The second-order valence-electron chi connectivity index (χ2n) is 6.15. The molecule has 108 valence electrons. The Morgan fingerprint density at radius 3 is 2.00 bits per heavy atom. The Morgan fingerprint density at radius 2 is 1.58 bits per heavy atom. The van der Waals surface area contributed by atoms with E-state index in [0.717, 1.165) is 18.8 Å². The van der Waals surface area contributed by atoms with Crippen LogP contribution in [0.25, 0.3) is 0 Å². The first-order valence-corrected chi connectivity index (χ1v) is 7.11. The lowest BCUT2D eigenvalue weighted by Crippen LogP contribution is -2.33. The molecule has 0 saturated heterocycles. The van der Waals surface area contributed by atoms with E-state index in [1.165, 1.54) is 6.07 Å². The molecule has 0 aliphatic heterocycles. The monoisotopic (exact) mass is 266 g/mol. The highest BCUT2D eigenvalue weighted by Crippen LogP contribution is 2.29. The Hall–Kier alpha value is -1.09. The second-order valence-corrected chi connectivity index (χ2v) is 6.15. The number of benzene rings is 1. The number of nitrogens with two attached hydrogens (primary N) is 1. The molecule has 0 heterocycles. The van der Waals surface area contributed by atoms with Crippen LogP contribution in [0.2, 0.25) is 0 Å². The summed E-state index contributed by atoms with van der Waals surface area (Å²) in [4.78, 5) is 2.26. The fraction of sp³-hybridized carbons (Fsp3) is 0.625. The van der Waals surface area contributed by atoms with Crippen molar-refractivity contribution in [3.8, 4) is 0 Å². The van der Waals surface area contributed by atoms with Gasteiger partial charge in [-0.05, 0) is 30.9 Å². The number of hydrogen-bond acceptors (Lipinski definition) is 2. The smallest absolute Gasteiger partial charge is 0.130 e. The quantitative estimate of drug-likeness (QED) is 0.844. The summed E-state index contributed by atoms with van der Waals surface area (Å²) in [5.74, 6) is 0.857. The van der Waals surface area contributed by atoms with Crippen molar-refractivity contribution in [2.45, 2.75) is 40.7 Å². The Balaban J connectivity index is 3.17. The minimum Gasteiger partial charge on any atom is -0.371 e. The zero-order valence-electron chi connectivity index (χ0n) is 12.8. The highest BCUT2D eigenvalue weighted by molar-refractivity contribution is 5.55. The van der Waals surface area contributed by atoms with Gasteiger partial charge in [0.25, 0.3) is 0 Å². The number of rotatable bonds is 6. The van der Waals surface area contributed by atoms with E-state index >= 15 is 0 Å². The van der Waals surface area contributed by atoms with Crippen molar-refractivity contribution in [2.75, 3.05) is 18.0 Å². The minimum absolute atomic E-state index is 0.204. The van der Waals surface area contributed by atoms with Gasteiger partial charge in [-0.2, -0.15) is 0 Å². The molecule has 0 amide bonds. The minimum atomic E-state index is -0.293. The molecular weight excluding hydrogens is 239 g/mol. The van der Waals surface area contributed by atoms with Crippen LogP contribution in [-0.2, 0) is 0 Å². The molecule has 3 heteroatoms. The normalized spacial score (nSPS) is 13.1. The van der Waals surface area contributed by atoms with Gasteiger partial charge in [0, 0.05) is 30.4 Å². The van der Waals surface area contributed by atoms with Crippen LogP contribution >= 0.6 is 0 Å². The van der Waals surface area contributed by atoms with E-state index in [0.29, 0.717) is 17.4 Å². The molecule has 2 nitrogen and oxygen atoms in total. The molecule has 0 unspecified atom stereocenters. The summed E-state index contributed by atoms with van der Waals surface area (Å²) >= 11 is 0. The molecule has 1 atom stereocenters. The lowest BCUT2D eigenvalue weighted by Gasteiger charge is -2.31. The van der Waals surface area contributed by atoms with Gasteiger partial charge in [0.15, 0.2) is 0 Å². The summed E-state index contributed by atoms with van der Waals surface area (Å²) in [5.41, 5.74) is 7.52. The van der Waals surface area contributed by atoms with Crippen molar-refractivity contribution in [3.05, 3.63) is 29.6 Å². The lowest BCUT2D eigenvalue weighted by molar-refractivity contribution is 0.543. The van der Waals surface area contributed by atoms with Gasteiger partial charge in [0.05, 0.1) is 0 Å². The molecule has 0 saturated carbocycles. The molecule has 1 aromatic rings. The predicted molar refractivity (Wildman–Crippen MR) is 80.9 cm³/mol. The Bertz CT molecular complexity index is 390. The van der Waals surface area contributed by atoms with E-state index in [4.69, 9.17) is 5.73 Å². The molecule has 0 radical (unpaired) electrons. The zero-order chi connectivity index (χ0) is 14.6. The van der Waals surface area contributed by atoms with Gasteiger partial charge >= 0.3 is 0 Å². The SMILES string of the molecule is CC(C)CN(CC(C)C)c1cccc(F)c1[C@H](C)N. The Labute approximate surface area is 116 Å². The third-order valence-electron chi connectivity index (χ3n) is 3.00. The van der Waals surface area contributed by atoms with Gasteiger partial charge in [-0.1, -0.05) is 33.8 Å². The highest BCUT2D eigenvalue weighted by atomic mass is 19.1. The number of nitrogens with zero attached hydrogens (tertiary/aromatic N) is 1. The number of anilines is 1. The van der Waals surface area contributed by atoms with Crippen molar-refractivity contribution in [2.24, 2.45) is 17.6 Å². The molecule has 2 N–H and O–H groups in total. The third-order valence-corrected chi connectivity index (χ3v) is 3.00. The van der Waals surface area contributed by atoms with Crippen LogP contribution < -0.4 is 10.6 Å². The maximum atomic E-state index is 14.0. The lowest BCUT2D eigenvalue weighted by atomic mass is 10.0. The summed E-state index contributed by atoms with van der Waals surface area (Å²) < 4.78 is 14.0. The van der Waals surface area contributed by atoms with E-state index in [9.17, 15) is 4.39 Å². The molecule has 1 aromatic carbocycles. The van der Waals surface area contributed by atoms with Crippen LogP contribution in [0.3, 0.4) is 0 Å². The first kappa shape index (κ1) is 16.0. The first-order valence-electron chi connectivity index (χ1n) is 7.11. The summed E-state index contributed by atoms with van der Waals surface area (Å²) in [6.45, 7) is 12.4. The van der Waals surface area contributed by atoms with Crippen molar-refractivity contribution in [3.63, 3.8) is 0 Å². The van der Waals surface area contributed by atoms with Gasteiger partial charge in [0.1, 0.15) is 5.82 Å². The van der Waals surface area contributed by atoms with E-state index in [1.54, 1.807) is 6.07 Å². The topological polar surface area (TPSA) is 29.3 Å². The van der Waals surface area contributed by atoms with Crippen molar-refractivity contribution in [1.82, 2.24) is 0 Å². The molecule has 0 aromatic heterocycles. The fourth-order valence-electron chi connectivity index (χ4n) is 2.40. The maximum absolute atomic E-state index is 14.0. The van der Waals surface area contributed by atoms with E-state index < -0.39 is 0 Å². The molecule has 0 bridgehead atoms. The Kier molecular flexibility index (Phi) is 5.80. The van der Waals surface area contributed by atoms with Gasteiger partial charge < -0.3 is 10.6 Å². The molecule has 0 aliphatic carbocycles. The summed E-state index contributed by atoms with van der Waals surface area (Å²) in [5, 5.41) is 0. The number of halogens is 1. The van der Waals surface area contributed by atoms with Crippen molar-refractivity contribution >= 4 is 5.69 Å². The molecular formula is C16H27FN2. The fourth-order valence-corrected chi connectivity index (χ4v) is 2.40. The van der Waals surface area contributed by atoms with Crippen LogP contribution in [-0.4, -0.2) is 13.1 Å². The molecule has 0 aliphatic rings. The van der Waals surface area contributed by atoms with Gasteiger partial charge in [0.2, 0.25) is 0 Å². The van der Waals surface area contributed by atoms with E-state index in [-0.39, 0.29) is 11.9 Å². The number of hydrogen-bond donors (Lipinski definition) is 1. The van der Waals surface area contributed by atoms with Crippen LogP contribution in [0.1, 0.15) is 46.2 Å². The third kappa shape index (κ3) is 4.50. The second kappa shape index (κ2) is 6.90. The van der Waals surface area contributed by atoms with Gasteiger partial charge in [-0.25, -0.2) is 4.39 Å². The summed E-state index contributed by atoms with van der Waals surface area (Å²) in [6.07, 6.45) is 0. The van der Waals surface area contributed by atoms with Gasteiger partial charge in [-0.15, -0.1) is 0 Å². The average Bonchev–Trinajstić information content (AvgIpc) is 2.25. The van der Waals surface area contributed by atoms with Crippen LogP contribution in [0.4, 0.5) is 10.1 Å². The maximum Gasteiger partial charge on any atom is 0.130 e. The van der Waals surface area contributed by atoms with Crippen LogP contribution in [0, 0.1) is 17.7 Å². The Morgan fingerprint density at radius 1 is 1.05 bits per heavy atom. The first-order chi connectivity index (χ1) is 8.82. The average molecular weight is 266 g/mol. The van der Waals surface area contributed by atoms with E-state index in [2.05, 4.69) is 32.6 Å². The summed E-state index contributed by atoms with van der Waals surface area (Å²) in [7, 11) is 0. The zero-order valence-corrected chi connectivity index (χ0v) is 12.8. The highest BCUT2D eigenvalue weighted by Gasteiger charge is 2.18.